The summed E-state index contributed by atoms with van der Waals surface area (Å²) in [7, 11) is 1.13. The molecule has 1 amide bonds. The Morgan fingerprint density at radius 1 is 0.978 bits per heavy atom. The Hall–Kier alpha value is -3.90. The van der Waals surface area contributed by atoms with Gasteiger partial charge in [-0.15, -0.1) is 0 Å². The number of benzene rings is 1. The number of nitrogens with zero attached hydrogens (tertiary/aromatic N) is 4. The molecule has 1 fully saturated rings. The molecule has 2 unspecified atom stereocenters. The van der Waals surface area contributed by atoms with Crippen LogP contribution in [0.3, 0.4) is 0 Å². The lowest BCUT2D eigenvalue weighted by atomic mass is 10.2. The Bertz CT molecular complexity index is 1460. The first kappa shape index (κ1) is 34.0. The molecule has 1 N–H and O–H groups in total. The molecule has 0 radical (unpaired) electrons. The number of carbonyl (C=O) groups excluding carboxylic acids is 1. The van der Waals surface area contributed by atoms with Gasteiger partial charge >= 0.3 is 6.09 Å². The maximum absolute atomic E-state index is 13.4. The van der Waals surface area contributed by atoms with Crippen LogP contribution in [0, 0.1) is 0 Å². The van der Waals surface area contributed by atoms with E-state index in [2.05, 4.69) is 49.1 Å². The lowest BCUT2D eigenvalue weighted by Crippen LogP contribution is -2.45. The smallest absolute Gasteiger partial charge is 0.410 e. The van der Waals surface area contributed by atoms with Gasteiger partial charge in [0.2, 0.25) is 5.88 Å². The van der Waals surface area contributed by atoms with Crippen LogP contribution in [0.4, 0.5) is 10.5 Å². The number of hydrogen-bond acceptors (Lipinski definition) is 10. The summed E-state index contributed by atoms with van der Waals surface area (Å²) in [5.41, 5.74) is 0.632. The minimum Gasteiger partial charge on any atom is -0.497 e. The van der Waals surface area contributed by atoms with Crippen molar-refractivity contribution in [2.45, 2.75) is 83.8 Å². The first-order valence-electron chi connectivity index (χ1n) is 15.2. The normalized spacial score (nSPS) is 17.2. The minimum absolute atomic E-state index is 0.0468. The standard InChI is InChI=1S/C33H47N5O6Si/c1-32(2,3)43-31(39)38-21-27(44-45(9,10)33(4,5)6)16-23(38)18-35-28-20-36-29(22-15-26(41-8)19-34-17-22)37-30(28)42-25-13-11-24(40-7)12-14-25/h11-15,17,19-20,23,27,35H,16,18,21H2,1-10H3. The highest BCUT2D eigenvalue weighted by Crippen LogP contribution is 2.39. The largest absolute Gasteiger partial charge is 0.497 e. The predicted molar refractivity (Wildman–Crippen MR) is 177 cm³/mol. The van der Waals surface area contributed by atoms with Gasteiger partial charge in [0.1, 0.15) is 28.5 Å². The zero-order valence-corrected chi connectivity index (χ0v) is 29.1. The molecule has 0 spiro atoms. The molecule has 2 aromatic heterocycles. The van der Waals surface area contributed by atoms with Gasteiger partial charge in [-0.3, -0.25) is 4.98 Å². The van der Waals surface area contributed by atoms with Gasteiger partial charge in [0, 0.05) is 24.8 Å². The Morgan fingerprint density at radius 2 is 1.64 bits per heavy atom. The van der Waals surface area contributed by atoms with Crippen LogP contribution in [-0.4, -0.2) is 79.3 Å². The van der Waals surface area contributed by atoms with Gasteiger partial charge in [0.25, 0.3) is 0 Å². The molecule has 1 aliphatic rings. The van der Waals surface area contributed by atoms with Crippen molar-refractivity contribution in [1.29, 1.82) is 0 Å². The molecule has 12 heteroatoms. The summed E-state index contributed by atoms with van der Waals surface area (Å²) >= 11 is 0. The van der Waals surface area contributed by atoms with Gasteiger partial charge < -0.3 is 33.6 Å². The fourth-order valence-corrected chi connectivity index (χ4v) is 5.99. The Balaban J connectivity index is 1.61. The Kier molecular flexibility index (Phi) is 10.3. The Labute approximate surface area is 267 Å². The summed E-state index contributed by atoms with van der Waals surface area (Å²) in [5.74, 6) is 2.63. The van der Waals surface area contributed by atoms with Crippen LogP contribution < -0.4 is 19.5 Å². The van der Waals surface area contributed by atoms with E-state index in [1.807, 2.05) is 51.1 Å². The molecule has 0 aliphatic carbocycles. The molecule has 1 aliphatic heterocycles. The van der Waals surface area contributed by atoms with Crippen LogP contribution in [0.15, 0.2) is 48.9 Å². The van der Waals surface area contributed by atoms with Crippen LogP contribution in [0.2, 0.25) is 18.1 Å². The van der Waals surface area contributed by atoms with E-state index in [4.69, 9.17) is 28.4 Å². The van der Waals surface area contributed by atoms with E-state index in [0.717, 1.165) is 0 Å². The SMILES string of the molecule is COc1ccc(Oc2nc(-c3cncc(OC)c3)ncc2NCC2CC(O[Si](C)(C)C(C)(C)C)CN2C(=O)OC(C)(C)C)cc1. The molecule has 11 nitrogen and oxygen atoms in total. The average molecular weight is 638 g/mol. The molecular formula is C33H47N5O6Si. The quantitative estimate of drug-likeness (QED) is 0.230. The number of methoxy groups -OCH3 is 2. The second-order valence-electron chi connectivity index (χ2n) is 13.7. The summed E-state index contributed by atoms with van der Waals surface area (Å²) in [6.07, 6.45) is 5.18. The number of likely N-dealkylation sites (tertiary alicyclic amines) is 1. The van der Waals surface area contributed by atoms with E-state index in [1.165, 1.54) is 0 Å². The van der Waals surface area contributed by atoms with Crippen molar-refractivity contribution in [3.05, 3.63) is 48.9 Å². The van der Waals surface area contributed by atoms with Crippen LogP contribution in [0.5, 0.6) is 23.1 Å². The van der Waals surface area contributed by atoms with Gasteiger partial charge in [-0.25, -0.2) is 9.78 Å². The molecular weight excluding hydrogens is 590 g/mol. The molecule has 3 heterocycles. The fraction of sp³-hybridized carbons (Fsp3) is 0.515. The summed E-state index contributed by atoms with van der Waals surface area (Å²) in [6, 6.07) is 8.87. The van der Waals surface area contributed by atoms with Gasteiger partial charge in [0.05, 0.1) is 38.8 Å². The van der Waals surface area contributed by atoms with Crippen LogP contribution in [-0.2, 0) is 9.16 Å². The molecule has 0 saturated carbocycles. The first-order chi connectivity index (χ1) is 21.1. The topological polar surface area (TPSA) is 117 Å². The number of rotatable bonds is 10. The highest BCUT2D eigenvalue weighted by Gasteiger charge is 2.44. The third-order valence-electron chi connectivity index (χ3n) is 8.03. The maximum atomic E-state index is 13.4. The predicted octanol–water partition coefficient (Wildman–Crippen LogP) is 7.16. The number of ether oxygens (including phenoxy) is 4. The van der Waals surface area contributed by atoms with Crippen molar-refractivity contribution in [2.24, 2.45) is 0 Å². The van der Waals surface area contributed by atoms with E-state index in [0.29, 0.717) is 59.7 Å². The number of amides is 1. The highest BCUT2D eigenvalue weighted by molar-refractivity contribution is 6.74. The van der Waals surface area contributed by atoms with E-state index in [-0.39, 0.29) is 23.3 Å². The van der Waals surface area contributed by atoms with E-state index in [9.17, 15) is 4.79 Å². The maximum Gasteiger partial charge on any atom is 0.410 e. The molecule has 2 atom stereocenters. The van der Waals surface area contributed by atoms with Crippen LogP contribution in [0.1, 0.15) is 48.0 Å². The van der Waals surface area contributed by atoms with Gasteiger partial charge in [-0.05, 0) is 75.7 Å². The Morgan fingerprint density at radius 3 is 2.27 bits per heavy atom. The van der Waals surface area contributed by atoms with Crippen molar-refractivity contribution in [3.8, 4) is 34.5 Å². The third kappa shape index (κ3) is 8.85. The van der Waals surface area contributed by atoms with Crippen molar-refractivity contribution in [2.75, 3.05) is 32.6 Å². The lowest BCUT2D eigenvalue weighted by molar-refractivity contribution is 0.0218. The number of carbonyl (C=O) groups is 1. The van der Waals surface area contributed by atoms with Crippen molar-refractivity contribution < 1.29 is 28.2 Å². The second kappa shape index (κ2) is 13.6. The monoisotopic (exact) mass is 637 g/mol. The summed E-state index contributed by atoms with van der Waals surface area (Å²) in [5, 5.41) is 3.50. The van der Waals surface area contributed by atoms with E-state index >= 15 is 0 Å². The molecule has 1 aromatic carbocycles. The first-order valence-corrected chi connectivity index (χ1v) is 18.1. The number of nitrogens with one attached hydrogen (secondary N) is 1. The van der Waals surface area contributed by atoms with Crippen molar-refractivity contribution >= 4 is 20.1 Å². The molecule has 45 heavy (non-hydrogen) atoms. The number of pyridine rings is 1. The summed E-state index contributed by atoms with van der Waals surface area (Å²) in [4.78, 5) is 28.7. The zero-order chi connectivity index (χ0) is 33.0. The molecule has 4 rings (SSSR count). The summed E-state index contributed by atoms with van der Waals surface area (Å²) in [6.45, 7) is 17.6. The van der Waals surface area contributed by atoms with Gasteiger partial charge in [-0.1, -0.05) is 20.8 Å². The molecule has 0 bridgehead atoms. The summed E-state index contributed by atoms with van der Waals surface area (Å²) < 4.78 is 29.4. The minimum atomic E-state index is -2.06. The van der Waals surface area contributed by atoms with Crippen molar-refractivity contribution in [1.82, 2.24) is 19.9 Å². The lowest BCUT2D eigenvalue weighted by Gasteiger charge is -2.38. The molecule has 1 saturated heterocycles. The number of anilines is 1. The van der Waals surface area contributed by atoms with E-state index in [1.54, 1.807) is 37.7 Å². The van der Waals surface area contributed by atoms with Gasteiger partial charge in [-0.2, -0.15) is 4.98 Å². The highest BCUT2D eigenvalue weighted by atomic mass is 28.4. The molecule has 244 valence electrons. The average Bonchev–Trinajstić information content (AvgIpc) is 3.37. The van der Waals surface area contributed by atoms with Crippen molar-refractivity contribution in [3.63, 3.8) is 0 Å². The number of hydrogen-bond donors (Lipinski definition) is 1. The van der Waals surface area contributed by atoms with E-state index < -0.39 is 13.9 Å². The third-order valence-corrected chi connectivity index (χ3v) is 12.6. The van der Waals surface area contributed by atoms with Crippen LogP contribution in [0.25, 0.3) is 11.4 Å². The van der Waals surface area contributed by atoms with Crippen LogP contribution >= 0.6 is 0 Å². The zero-order valence-electron chi connectivity index (χ0n) is 28.1. The fourth-order valence-electron chi connectivity index (χ4n) is 4.63. The molecule has 3 aromatic rings. The number of aromatic nitrogens is 3. The second-order valence-corrected chi connectivity index (χ2v) is 18.5. The van der Waals surface area contributed by atoms with Gasteiger partial charge in [0.15, 0.2) is 14.1 Å².